The van der Waals surface area contributed by atoms with Gasteiger partial charge in [0.2, 0.25) is 11.8 Å². The van der Waals surface area contributed by atoms with Crippen molar-refractivity contribution in [2.24, 2.45) is 5.73 Å². The molecule has 1 atom stereocenters. The number of carbonyl (C=O) groups is 1. The third kappa shape index (κ3) is 5.23. The van der Waals surface area contributed by atoms with Gasteiger partial charge in [-0.05, 0) is 44.3 Å². The number of carbonyl (C=O) groups excluding carboxylic acids is 1. The summed E-state index contributed by atoms with van der Waals surface area (Å²) >= 11 is 7.88. The standard InChI is InChI=1S/C24H26ClN5O3S/c1-14(17-6-4-15(8-18(17)25)11-29(2)3)33-23-20(9-21(26)32)34-24(28-23)19-10-27-22-7-5-16(13-31)12-30(19)22/h4-8,10,12,14,31H,9,11,13H2,1-3H3,(H2,26,32)/t14-/m1/s1. The number of imidazole rings is 1. The third-order valence-corrected chi connectivity index (χ3v) is 6.64. The molecule has 0 saturated heterocycles. The Morgan fingerprint density at radius 1 is 1.29 bits per heavy atom. The van der Waals surface area contributed by atoms with Crippen molar-refractivity contribution in [1.29, 1.82) is 0 Å². The number of aliphatic hydroxyl groups excluding tert-OH is 1. The van der Waals surface area contributed by atoms with E-state index in [0.29, 0.717) is 20.8 Å². The van der Waals surface area contributed by atoms with Crippen LogP contribution in [0.1, 0.15) is 34.6 Å². The summed E-state index contributed by atoms with van der Waals surface area (Å²) in [6, 6.07) is 9.55. The molecule has 0 fully saturated rings. The van der Waals surface area contributed by atoms with Crippen molar-refractivity contribution >= 4 is 34.5 Å². The largest absolute Gasteiger partial charge is 0.469 e. The summed E-state index contributed by atoms with van der Waals surface area (Å²) in [5.41, 5.74) is 9.62. The monoisotopic (exact) mass is 499 g/mol. The summed E-state index contributed by atoms with van der Waals surface area (Å²) in [5.74, 6) is -0.132. The average molecular weight is 500 g/mol. The molecular weight excluding hydrogens is 474 g/mol. The lowest BCUT2D eigenvalue weighted by Crippen LogP contribution is -2.14. The van der Waals surface area contributed by atoms with E-state index in [-0.39, 0.29) is 13.0 Å². The first kappa shape index (κ1) is 24.2. The minimum absolute atomic E-state index is 0.00779. The molecule has 1 aromatic carbocycles. The molecular formula is C24H26ClN5O3S. The van der Waals surface area contributed by atoms with E-state index < -0.39 is 12.0 Å². The number of hydrogen-bond acceptors (Lipinski definition) is 7. The zero-order valence-corrected chi connectivity index (χ0v) is 20.7. The molecule has 8 nitrogen and oxygen atoms in total. The Morgan fingerprint density at radius 3 is 2.74 bits per heavy atom. The summed E-state index contributed by atoms with van der Waals surface area (Å²) in [6.45, 7) is 2.59. The SMILES string of the molecule is C[C@@H](Oc1nc(-c2cnc3ccc(CO)cn23)sc1CC(N)=O)c1ccc(CN(C)C)cc1Cl. The number of fused-ring (bicyclic) bond motifs is 1. The molecule has 0 bridgehead atoms. The molecule has 0 aliphatic heterocycles. The van der Waals surface area contributed by atoms with Crippen molar-refractivity contribution in [1.82, 2.24) is 19.3 Å². The number of ether oxygens (including phenoxy) is 1. The van der Waals surface area contributed by atoms with Crippen LogP contribution in [0, 0.1) is 0 Å². The van der Waals surface area contributed by atoms with Crippen LogP contribution in [0.25, 0.3) is 16.3 Å². The first-order valence-corrected chi connectivity index (χ1v) is 11.9. The van der Waals surface area contributed by atoms with Crippen LogP contribution >= 0.6 is 22.9 Å². The van der Waals surface area contributed by atoms with Gasteiger partial charge in [0, 0.05) is 23.3 Å². The quantitative estimate of drug-likeness (QED) is 0.362. The highest BCUT2D eigenvalue weighted by atomic mass is 35.5. The number of benzene rings is 1. The highest BCUT2D eigenvalue weighted by molar-refractivity contribution is 7.15. The van der Waals surface area contributed by atoms with Crippen LogP contribution in [0.5, 0.6) is 5.88 Å². The van der Waals surface area contributed by atoms with Crippen LogP contribution in [-0.2, 0) is 24.4 Å². The lowest BCUT2D eigenvalue weighted by molar-refractivity contribution is -0.117. The van der Waals surface area contributed by atoms with E-state index in [1.165, 1.54) is 11.3 Å². The Hall–Kier alpha value is -2.98. The molecule has 3 N–H and O–H groups in total. The highest BCUT2D eigenvalue weighted by Crippen LogP contribution is 2.36. The minimum atomic E-state index is -0.473. The van der Waals surface area contributed by atoms with Crippen LogP contribution in [0.3, 0.4) is 0 Å². The summed E-state index contributed by atoms with van der Waals surface area (Å²) in [6.07, 6.45) is 3.13. The molecule has 34 heavy (non-hydrogen) atoms. The topological polar surface area (TPSA) is 106 Å². The first-order chi connectivity index (χ1) is 16.2. The van der Waals surface area contributed by atoms with Gasteiger partial charge in [-0.3, -0.25) is 9.20 Å². The van der Waals surface area contributed by atoms with E-state index in [1.807, 2.05) is 61.9 Å². The average Bonchev–Trinajstić information content (AvgIpc) is 3.36. The van der Waals surface area contributed by atoms with E-state index in [2.05, 4.69) is 14.9 Å². The zero-order chi connectivity index (χ0) is 24.4. The maximum absolute atomic E-state index is 11.7. The number of primary amides is 1. The van der Waals surface area contributed by atoms with Crippen molar-refractivity contribution < 1.29 is 14.6 Å². The van der Waals surface area contributed by atoms with Crippen molar-refractivity contribution in [3.8, 4) is 16.6 Å². The molecule has 0 radical (unpaired) electrons. The molecule has 1 amide bonds. The molecule has 10 heteroatoms. The van der Waals surface area contributed by atoms with E-state index in [1.54, 1.807) is 6.20 Å². The first-order valence-electron chi connectivity index (χ1n) is 10.7. The molecule has 3 aromatic heterocycles. The molecule has 0 aliphatic rings. The van der Waals surface area contributed by atoms with Gasteiger partial charge in [-0.25, -0.2) is 4.98 Å². The number of nitrogens with two attached hydrogens (primary N) is 1. The Balaban J connectivity index is 1.67. The van der Waals surface area contributed by atoms with E-state index >= 15 is 0 Å². The summed E-state index contributed by atoms with van der Waals surface area (Å²) in [7, 11) is 4.00. The number of amides is 1. The fourth-order valence-corrected chi connectivity index (χ4v) is 5.05. The van der Waals surface area contributed by atoms with E-state index in [9.17, 15) is 9.90 Å². The van der Waals surface area contributed by atoms with E-state index in [4.69, 9.17) is 22.1 Å². The molecule has 0 aliphatic carbocycles. The molecule has 4 rings (SSSR count). The Bertz CT molecular complexity index is 1330. The second-order valence-corrected chi connectivity index (χ2v) is 9.80. The van der Waals surface area contributed by atoms with Crippen molar-refractivity contribution in [2.75, 3.05) is 14.1 Å². The van der Waals surface area contributed by atoms with Crippen LogP contribution in [0.15, 0.2) is 42.7 Å². The highest BCUT2D eigenvalue weighted by Gasteiger charge is 2.21. The van der Waals surface area contributed by atoms with Gasteiger partial charge < -0.3 is 20.5 Å². The van der Waals surface area contributed by atoms with Crippen LogP contribution in [-0.4, -0.2) is 44.4 Å². The van der Waals surface area contributed by atoms with Gasteiger partial charge in [0.1, 0.15) is 22.5 Å². The number of nitrogens with zero attached hydrogens (tertiary/aromatic N) is 4. The Morgan fingerprint density at radius 2 is 2.06 bits per heavy atom. The van der Waals surface area contributed by atoms with Gasteiger partial charge in [-0.15, -0.1) is 11.3 Å². The number of hydrogen-bond donors (Lipinski definition) is 2. The van der Waals surface area contributed by atoms with Gasteiger partial charge in [0.25, 0.3) is 0 Å². The lowest BCUT2D eigenvalue weighted by Gasteiger charge is -2.17. The maximum atomic E-state index is 11.7. The molecule has 4 aromatic rings. The number of thiazole rings is 1. The fourth-order valence-electron chi connectivity index (χ4n) is 3.68. The second kappa shape index (κ2) is 10.1. The molecule has 0 saturated carbocycles. The lowest BCUT2D eigenvalue weighted by atomic mass is 10.1. The second-order valence-electron chi connectivity index (χ2n) is 8.31. The smallest absolute Gasteiger partial charge is 0.229 e. The Labute approximate surface area is 206 Å². The van der Waals surface area contributed by atoms with Crippen LogP contribution in [0.2, 0.25) is 5.02 Å². The summed E-state index contributed by atoms with van der Waals surface area (Å²) in [4.78, 5) is 23.5. The van der Waals surface area contributed by atoms with Crippen LogP contribution < -0.4 is 10.5 Å². The number of aromatic nitrogens is 3. The van der Waals surface area contributed by atoms with Crippen molar-refractivity contribution in [3.05, 3.63) is 69.3 Å². The molecule has 178 valence electrons. The normalized spacial score (nSPS) is 12.4. The predicted octanol–water partition coefficient (Wildman–Crippen LogP) is 3.83. The number of rotatable bonds is 9. The zero-order valence-electron chi connectivity index (χ0n) is 19.2. The number of aliphatic hydroxyl groups is 1. The molecule has 3 heterocycles. The van der Waals surface area contributed by atoms with Gasteiger partial charge in [0.15, 0.2) is 0 Å². The van der Waals surface area contributed by atoms with Crippen molar-refractivity contribution in [3.63, 3.8) is 0 Å². The van der Waals surface area contributed by atoms with E-state index in [0.717, 1.165) is 34.6 Å². The van der Waals surface area contributed by atoms with Gasteiger partial charge >= 0.3 is 0 Å². The summed E-state index contributed by atoms with van der Waals surface area (Å²) < 4.78 is 8.05. The third-order valence-electron chi connectivity index (χ3n) is 5.25. The Kier molecular flexibility index (Phi) is 7.18. The molecule has 0 unspecified atom stereocenters. The molecule has 0 spiro atoms. The predicted molar refractivity (Wildman–Crippen MR) is 133 cm³/mol. The van der Waals surface area contributed by atoms with Gasteiger partial charge in [-0.1, -0.05) is 29.8 Å². The van der Waals surface area contributed by atoms with Gasteiger partial charge in [-0.2, -0.15) is 4.98 Å². The number of pyridine rings is 1. The fraction of sp³-hybridized carbons (Fsp3) is 0.292. The minimum Gasteiger partial charge on any atom is -0.469 e. The number of halogens is 1. The maximum Gasteiger partial charge on any atom is 0.229 e. The van der Waals surface area contributed by atoms with Crippen LogP contribution in [0.4, 0.5) is 0 Å². The summed E-state index contributed by atoms with van der Waals surface area (Å²) in [5, 5.41) is 10.7. The van der Waals surface area contributed by atoms with Crippen molar-refractivity contribution in [2.45, 2.75) is 32.6 Å². The van der Waals surface area contributed by atoms with Gasteiger partial charge in [0.05, 0.1) is 24.1 Å².